The third-order valence-corrected chi connectivity index (χ3v) is 4.94. The van der Waals surface area contributed by atoms with Crippen LogP contribution in [-0.4, -0.2) is 17.7 Å². The molecule has 0 radical (unpaired) electrons. The highest BCUT2D eigenvalue weighted by atomic mass is 35.5. The van der Waals surface area contributed by atoms with Gasteiger partial charge in [0.2, 0.25) is 0 Å². The van der Waals surface area contributed by atoms with Crippen LogP contribution in [-0.2, 0) is 15.1 Å². The van der Waals surface area contributed by atoms with Crippen molar-refractivity contribution in [1.29, 1.82) is 0 Å². The van der Waals surface area contributed by atoms with E-state index in [1.807, 2.05) is 36.4 Å². The summed E-state index contributed by atoms with van der Waals surface area (Å²) in [6.45, 7) is 0.512. The second kappa shape index (κ2) is 5.49. The van der Waals surface area contributed by atoms with E-state index in [2.05, 4.69) is 4.98 Å². The highest BCUT2D eigenvalue weighted by Crippen LogP contribution is 2.49. The zero-order valence-electron chi connectivity index (χ0n) is 12.7. The number of halogens is 1. The molecule has 2 aromatic carbocycles. The van der Waals surface area contributed by atoms with Gasteiger partial charge in [-0.3, -0.25) is 9.59 Å². The molecular weight excluding hydrogens is 326 g/mol. The Balaban J connectivity index is 1.76. The summed E-state index contributed by atoms with van der Waals surface area (Å²) in [6, 6.07) is 11.6. The van der Waals surface area contributed by atoms with Crippen molar-refractivity contribution in [3.05, 3.63) is 58.7 Å². The molecule has 1 N–H and O–H groups in total. The molecule has 0 unspecified atom stereocenters. The van der Waals surface area contributed by atoms with Gasteiger partial charge in [-0.25, -0.2) is 0 Å². The van der Waals surface area contributed by atoms with Gasteiger partial charge in [0.05, 0.1) is 5.02 Å². The van der Waals surface area contributed by atoms with Crippen molar-refractivity contribution in [2.75, 3.05) is 0 Å². The van der Waals surface area contributed by atoms with Crippen molar-refractivity contribution < 1.29 is 14.3 Å². The minimum absolute atomic E-state index is 0.445. The SMILES string of the molecule is O=COC1(c2ccc(-c3cc4c(C=O)c[nH]c4cc3Cl)cc2)CC1. The van der Waals surface area contributed by atoms with Crippen molar-refractivity contribution in [3.8, 4) is 11.1 Å². The number of hydrogen-bond donors (Lipinski definition) is 1. The summed E-state index contributed by atoms with van der Waals surface area (Å²) < 4.78 is 5.22. The standard InChI is InChI=1S/C19H14ClNO3/c20-17-8-18-16(13(10-22)9-21-18)7-15(17)12-1-3-14(4-2-12)19(5-6-19)24-11-23/h1-4,7-11,21H,5-6H2. The maximum absolute atomic E-state index is 11.1. The number of nitrogens with one attached hydrogen (secondary N) is 1. The minimum atomic E-state index is -0.445. The summed E-state index contributed by atoms with van der Waals surface area (Å²) in [5, 5.41) is 1.45. The van der Waals surface area contributed by atoms with E-state index in [1.54, 1.807) is 6.20 Å². The van der Waals surface area contributed by atoms with Gasteiger partial charge < -0.3 is 9.72 Å². The van der Waals surface area contributed by atoms with Crippen LogP contribution in [0.4, 0.5) is 0 Å². The van der Waals surface area contributed by atoms with Gasteiger partial charge in [-0.05, 0) is 36.1 Å². The maximum Gasteiger partial charge on any atom is 0.293 e. The van der Waals surface area contributed by atoms with Gasteiger partial charge in [-0.15, -0.1) is 0 Å². The maximum atomic E-state index is 11.1. The van der Waals surface area contributed by atoms with Crippen LogP contribution in [0.3, 0.4) is 0 Å². The first-order valence-corrected chi connectivity index (χ1v) is 8.03. The molecule has 0 atom stereocenters. The van der Waals surface area contributed by atoms with E-state index in [-0.39, 0.29) is 0 Å². The summed E-state index contributed by atoms with van der Waals surface area (Å²) in [7, 11) is 0. The summed E-state index contributed by atoms with van der Waals surface area (Å²) >= 11 is 6.40. The van der Waals surface area contributed by atoms with Gasteiger partial charge in [-0.1, -0.05) is 35.9 Å². The molecule has 4 nitrogen and oxygen atoms in total. The lowest BCUT2D eigenvalue weighted by Crippen LogP contribution is -2.10. The molecule has 1 aliphatic rings. The fourth-order valence-corrected chi connectivity index (χ4v) is 3.39. The van der Waals surface area contributed by atoms with Gasteiger partial charge in [0, 0.05) is 28.2 Å². The molecule has 5 heteroatoms. The molecule has 1 heterocycles. The van der Waals surface area contributed by atoms with Gasteiger partial charge in [0.1, 0.15) is 5.60 Å². The molecule has 0 saturated heterocycles. The summed E-state index contributed by atoms with van der Waals surface area (Å²) in [4.78, 5) is 24.8. The summed E-state index contributed by atoms with van der Waals surface area (Å²) in [5.41, 5.74) is 3.80. The van der Waals surface area contributed by atoms with Crippen LogP contribution < -0.4 is 0 Å². The fourth-order valence-electron chi connectivity index (χ4n) is 3.12. The number of H-pyrrole nitrogens is 1. The van der Waals surface area contributed by atoms with Crippen molar-refractivity contribution in [2.45, 2.75) is 18.4 Å². The zero-order valence-corrected chi connectivity index (χ0v) is 13.5. The predicted octanol–water partition coefficient (Wildman–Crippen LogP) is 4.46. The van der Waals surface area contributed by atoms with Gasteiger partial charge >= 0.3 is 0 Å². The molecule has 1 aromatic heterocycles. The van der Waals surface area contributed by atoms with Crippen LogP contribution in [0, 0.1) is 0 Å². The third kappa shape index (κ3) is 2.31. The quantitative estimate of drug-likeness (QED) is 0.698. The average Bonchev–Trinajstić information content (AvgIpc) is 3.27. The molecule has 1 saturated carbocycles. The number of aromatic nitrogens is 1. The predicted molar refractivity (Wildman–Crippen MR) is 92.2 cm³/mol. The lowest BCUT2D eigenvalue weighted by molar-refractivity contribution is -0.136. The number of ether oxygens (including phenoxy) is 1. The first-order chi connectivity index (χ1) is 11.7. The van der Waals surface area contributed by atoms with Crippen molar-refractivity contribution in [2.24, 2.45) is 0 Å². The van der Waals surface area contributed by atoms with Crippen LogP contribution in [0.5, 0.6) is 0 Å². The number of fused-ring (bicyclic) bond motifs is 1. The Kier molecular flexibility index (Phi) is 3.43. The Morgan fingerprint density at radius 3 is 2.50 bits per heavy atom. The third-order valence-electron chi connectivity index (χ3n) is 4.63. The molecule has 1 aliphatic carbocycles. The number of carbonyl (C=O) groups is 2. The Bertz CT molecular complexity index is 939. The van der Waals surface area contributed by atoms with Crippen molar-refractivity contribution in [3.63, 3.8) is 0 Å². The molecule has 24 heavy (non-hydrogen) atoms. The van der Waals surface area contributed by atoms with Crippen LogP contribution in [0.1, 0.15) is 28.8 Å². The van der Waals surface area contributed by atoms with Gasteiger partial charge in [0.15, 0.2) is 6.29 Å². The summed E-state index contributed by atoms with van der Waals surface area (Å²) in [6.07, 6.45) is 4.20. The Labute approximate surface area is 143 Å². The van der Waals surface area contributed by atoms with E-state index in [4.69, 9.17) is 16.3 Å². The van der Waals surface area contributed by atoms with Gasteiger partial charge in [0.25, 0.3) is 6.47 Å². The second-order valence-corrected chi connectivity index (χ2v) is 6.43. The Morgan fingerprint density at radius 2 is 1.88 bits per heavy atom. The number of aldehydes is 1. The fraction of sp³-hybridized carbons (Fsp3) is 0.158. The average molecular weight is 340 g/mol. The van der Waals surface area contributed by atoms with Crippen molar-refractivity contribution in [1.82, 2.24) is 4.98 Å². The lowest BCUT2D eigenvalue weighted by atomic mass is 9.99. The van der Waals surface area contributed by atoms with Gasteiger partial charge in [-0.2, -0.15) is 0 Å². The molecule has 1 fully saturated rings. The van der Waals surface area contributed by atoms with Crippen LogP contribution in [0.2, 0.25) is 5.02 Å². The highest BCUT2D eigenvalue weighted by molar-refractivity contribution is 6.34. The lowest BCUT2D eigenvalue weighted by Gasteiger charge is -2.14. The van der Waals surface area contributed by atoms with E-state index in [9.17, 15) is 9.59 Å². The van der Waals surface area contributed by atoms with Crippen molar-refractivity contribution >= 4 is 35.3 Å². The molecule has 4 rings (SSSR count). The number of benzene rings is 2. The number of aromatic amines is 1. The Morgan fingerprint density at radius 1 is 1.12 bits per heavy atom. The van der Waals surface area contributed by atoms with E-state index in [1.165, 1.54) is 0 Å². The van der Waals surface area contributed by atoms with E-state index in [0.717, 1.165) is 46.7 Å². The molecule has 0 amide bonds. The molecule has 0 aliphatic heterocycles. The van der Waals surface area contributed by atoms with E-state index >= 15 is 0 Å². The smallest absolute Gasteiger partial charge is 0.293 e. The first kappa shape index (κ1) is 15.0. The first-order valence-electron chi connectivity index (χ1n) is 7.65. The minimum Gasteiger partial charge on any atom is -0.456 e. The normalized spacial score (nSPS) is 15.2. The highest BCUT2D eigenvalue weighted by Gasteiger charge is 2.46. The zero-order chi connectivity index (χ0) is 16.7. The molecule has 3 aromatic rings. The van der Waals surface area contributed by atoms with Crippen LogP contribution >= 0.6 is 11.6 Å². The number of hydrogen-bond acceptors (Lipinski definition) is 3. The number of carbonyl (C=O) groups excluding carboxylic acids is 2. The molecule has 0 bridgehead atoms. The number of rotatable bonds is 5. The van der Waals surface area contributed by atoms with E-state index < -0.39 is 5.60 Å². The van der Waals surface area contributed by atoms with E-state index in [0.29, 0.717) is 17.1 Å². The molecule has 120 valence electrons. The molecular formula is C19H14ClNO3. The largest absolute Gasteiger partial charge is 0.456 e. The second-order valence-electron chi connectivity index (χ2n) is 6.03. The van der Waals surface area contributed by atoms with Crippen LogP contribution in [0.15, 0.2) is 42.6 Å². The summed E-state index contributed by atoms with van der Waals surface area (Å²) in [5.74, 6) is 0. The topological polar surface area (TPSA) is 59.2 Å². The van der Waals surface area contributed by atoms with Crippen LogP contribution in [0.25, 0.3) is 22.0 Å². The monoisotopic (exact) mass is 339 g/mol. The molecule has 0 spiro atoms. The Hall–Kier alpha value is -2.59.